The minimum Gasteiger partial charge on any atom is -0.384 e. The van der Waals surface area contributed by atoms with Gasteiger partial charge in [0.05, 0.1) is 4.92 Å². The van der Waals surface area contributed by atoms with E-state index in [9.17, 15) is 10.1 Å². The number of fused-ring (bicyclic) bond motifs is 1. The van der Waals surface area contributed by atoms with Crippen molar-refractivity contribution in [3.8, 4) is 0 Å². The third kappa shape index (κ3) is 2.95. The van der Waals surface area contributed by atoms with E-state index in [1.165, 1.54) is 6.07 Å². The van der Waals surface area contributed by atoms with Crippen molar-refractivity contribution in [3.05, 3.63) is 40.6 Å². The molecule has 0 unspecified atom stereocenters. The number of hydrogen-bond acceptors (Lipinski definition) is 5. The number of rotatable bonds is 4. The maximum absolute atomic E-state index is 11.1. The molecule has 2 heterocycles. The molecule has 0 bridgehead atoms. The molecule has 1 aromatic carbocycles. The quantitative estimate of drug-likeness (QED) is 0.667. The highest BCUT2D eigenvalue weighted by Crippen LogP contribution is 2.28. The Kier molecular flexibility index (Phi) is 3.96. The zero-order valence-electron chi connectivity index (χ0n) is 11.7. The molecule has 0 spiro atoms. The number of nitrogens with one attached hydrogen (secondary N) is 2. The molecule has 0 radical (unpaired) electrons. The number of aromatic nitrogens is 1. The smallest absolute Gasteiger partial charge is 0.295 e. The highest BCUT2D eigenvalue weighted by molar-refractivity contribution is 5.96. The molecule has 0 aliphatic carbocycles. The molecule has 0 saturated carbocycles. The molecule has 1 aliphatic rings. The Balaban J connectivity index is 1.85. The molecule has 3 rings (SSSR count). The Bertz CT molecular complexity index is 653. The summed E-state index contributed by atoms with van der Waals surface area (Å²) in [6, 6.07) is 6.96. The molecule has 21 heavy (non-hydrogen) atoms. The van der Waals surface area contributed by atoms with Gasteiger partial charge in [-0.2, -0.15) is 0 Å². The van der Waals surface area contributed by atoms with Crippen molar-refractivity contribution in [3.63, 3.8) is 0 Å². The number of pyridine rings is 1. The lowest BCUT2D eigenvalue weighted by molar-refractivity contribution is -0.383. The van der Waals surface area contributed by atoms with Crippen molar-refractivity contribution in [2.24, 2.45) is 5.92 Å². The highest BCUT2D eigenvalue weighted by Gasteiger charge is 2.16. The van der Waals surface area contributed by atoms with E-state index in [2.05, 4.69) is 15.6 Å². The molecule has 1 aromatic heterocycles. The maximum atomic E-state index is 11.1. The van der Waals surface area contributed by atoms with Crippen molar-refractivity contribution in [2.75, 3.05) is 25.0 Å². The molecule has 1 fully saturated rings. The second-order valence-corrected chi connectivity index (χ2v) is 5.36. The molecule has 6 nitrogen and oxygen atoms in total. The second-order valence-electron chi connectivity index (χ2n) is 5.36. The van der Waals surface area contributed by atoms with Gasteiger partial charge in [0.2, 0.25) is 0 Å². The number of nitro benzene ring substituents is 1. The average molecular weight is 286 g/mol. The first-order valence-electron chi connectivity index (χ1n) is 7.22. The minimum atomic E-state index is -0.383. The lowest BCUT2D eigenvalue weighted by atomic mass is 9.98. The van der Waals surface area contributed by atoms with Crippen LogP contribution in [0.15, 0.2) is 30.5 Å². The van der Waals surface area contributed by atoms with Gasteiger partial charge in [0.25, 0.3) is 5.69 Å². The first kappa shape index (κ1) is 13.8. The van der Waals surface area contributed by atoms with Gasteiger partial charge >= 0.3 is 0 Å². The molecular weight excluding hydrogens is 268 g/mol. The van der Waals surface area contributed by atoms with Crippen LogP contribution in [-0.2, 0) is 0 Å². The lowest BCUT2D eigenvalue weighted by Crippen LogP contribution is -2.31. The molecule has 2 aromatic rings. The summed E-state index contributed by atoms with van der Waals surface area (Å²) < 4.78 is 0. The summed E-state index contributed by atoms with van der Waals surface area (Å²) in [6.45, 7) is 3.02. The summed E-state index contributed by atoms with van der Waals surface area (Å²) in [5, 5.41) is 18.7. The number of anilines is 1. The fraction of sp³-hybridized carbons (Fsp3) is 0.400. The number of hydrogen-bond donors (Lipinski definition) is 2. The predicted molar refractivity (Wildman–Crippen MR) is 82.5 cm³/mol. The number of benzene rings is 1. The lowest BCUT2D eigenvalue weighted by Gasteiger charge is -2.23. The van der Waals surface area contributed by atoms with Crippen LogP contribution < -0.4 is 10.6 Å². The van der Waals surface area contributed by atoms with E-state index in [0.29, 0.717) is 11.4 Å². The van der Waals surface area contributed by atoms with Gasteiger partial charge < -0.3 is 10.6 Å². The van der Waals surface area contributed by atoms with E-state index in [1.807, 2.05) is 12.1 Å². The van der Waals surface area contributed by atoms with Gasteiger partial charge in [0, 0.05) is 29.9 Å². The van der Waals surface area contributed by atoms with Crippen molar-refractivity contribution < 1.29 is 4.92 Å². The SMILES string of the molecule is O=[N+]([O-])c1cccc2c(NCC3CCNCC3)ccnc12. The summed E-state index contributed by atoms with van der Waals surface area (Å²) in [4.78, 5) is 14.9. The van der Waals surface area contributed by atoms with E-state index in [0.717, 1.165) is 43.5 Å². The van der Waals surface area contributed by atoms with Crippen LogP contribution in [0.5, 0.6) is 0 Å². The van der Waals surface area contributed by atoms with Crippen molar-refractivity contribution in [2.45, 2.75) is 12.8 Å². The van der Waals surface area contributed by atoms with Crippen LogP contribution in [0.2, 0.25) is 0 Å². The highest BCUT2D eigenvalue weighted by atomic mass is 16.6. The molecular formula is C15H18N4O2. The van der Waals surface area contributed by atoms with Crippen LogP contribution in [0.4, 0.5) is 11.4 Å². The van der Waals surface area contributed by atoms with E-state index in [4.69, 9.17) is 0 Å². The third-order valence-corrected chi connectivity index (χ3v) is 3.99. The molecule has 6 heteroatoms. The maximum Gasteiger partial charge on any atom is 0.295 e. The molecule has 1 aliphatic heterocycles. The topological polar surface area (TPSA) is 80.1 Å². The Morgan fingerprint density at radius 3 is 2.90 bits per heavy atom. The van der Waals surface area contributed by atoms with Crippen LogP contribution in [0, 0.1) is 16.0 Å². The zero-order chi connectivity index (χ0) is 14.7. The monoisotopic (exact) mass is 286 g/mol. The van der Waals surface area contributed by atoms with E-state index >= 15 is 0 Å². The number of piperidine rings is 1. The normalized spacial score (nSPS) is 16.0. The number of nitrogens with zero attached hydrogens (tertiary/aromatic N) is 2. The Labute approximate surface area is 122 Å². The average Bonchev–Trinajstić information content (AvgIpc) is 2.53. The molecule has 0 atom stereocenters. The standard InChI is InChI=1S/C15H18N4O2/c20-19(21)14-3-1-2-12-13(6-9-17-15(12)14)18-10-11-4-7-16-8-5-11/h1-3,6,9,11,16H,4-5,7-8,10H2,(H,17,18). The third-order valence-electron chi connectivity index (χ3n) is 3.99. The summed E-state index contributed by atoms with van der Waals surface area (Å²) in [5.74, 6) is 0.646. The van der Waals surface area contributed by atoms with Crippen molar-refractivity contribution in [1.29, 1.82) is 0 Å². The zero-order valence-corrected chi connectivity index (χ0v) is 11.7. The predicted octanol–water partition coefficient (Wildman–Crippen LogP) is 2.55. The Morgan fingerprint density at radius 1 is 1.33 bits per heavy atom. The van der Waals surface area contributed by atoms with Gasteiger partial charge in [-0.25, -0.2) is 4.98 Å². The van der Waals surface area contributed by atoms with Gasteiger partial charge in [-0.05, 0) is 37.9 Å². The summed E-state index contributed by atoms with van der Waals surface area (Å²) in [7, 11) is 0. The van der Waals surface area contributed by atoms with Crippen molar-refractivity contribution >= 4 is 22.3 Å². The molecule has 0 amide bonds. The summed E-state index contributed by atoms with van der Waals surface area (Å²) >= 11 is 0. The summed E-state index contributed by atoms with van der Waals surface area (Å²) in [6.07, 6.45) is 3.95. The molecule has 110 valence electrons. The first-order chi connectivity index (χ1) is 10.3. The van der Waals surface area contributed by atoms with Gasteiger partial charge in [-0.15, -0.1) is 0 Å². The van der Waals surface area contributed by atoms with Gasteiger partial charge in [0.15, 0.2) is 0 Å². The molecule has 1 saturated heterocycles. The van der Waals surface area contributed by atoms with Crippen LogP contribution in [0.25, 0.3) is 10.9 Å². The Hall–Kier alpha value is -2.21. The number of para-hydroxylation sites is 1. The first-order valence-corrected chi connectivity index (χ1v) is 7.22. The van der Waals surface area contributed by atoms with Gasteiger partial charge in [-0.3, -0.25) is 10.1 Å². The van der Waals surface area contributed by atoms with Crippen LogP contribution >= 0.6 is 0 Å². The fourth-order valence-corrected chi connectivity index (χ4v) is 2.80. The van der Waals surface area contributed by atoms with Gasteiger partial charge in [0.1, 0.15) is 5.52 Å². The van der Waals surface area contributed by atoms with Crippen molar-refractivity contribution in [1.82, 2.24) is 10.3 Å². The fourth-order valence-electron chi connectivity index (χ4n) is 2.80. The summed E-state index contributed by atoms with van der Waals surface area (Å²) in [5.41, 5.74) is 1.41. The van der Waals surface area contributed by atoms with Crippen LogP contribution in [0.1, 0.15) is 12.8 Å². The molecule has 2 N–H and O–H groups in total. The number of non-ortho nitro benzene ring substituents is 1. The van der Waals surface area contributed by atoms with Gasteiger partial charge in [-0.1, -0.05) is 12.1 Å². The second kappa shape index (κ2) is 6.05. The number of nitro groups is 1. The van der Waals surface area contributed by atoms with E-state index in [-0.39, 0.29) is 10.6 Å². The van der Waals surface area contributed by atoms with Crippen LogP contribution in [0.3, 0.4) is 0 Å². The van der Waals surface area contributed by atoms with E-state index in [1.54, 1.807) is 12.3 Å². The minimum absolute atomic E-state index is 0.0537. The van der Waals surface area contributed by atoms with Crippen LogP contribution in [-0.4, -0.2) is 29.5 Å². The van der Waals surface area contributed by atoms with E-state index < -0.39 is 0 Å². The largest absolute Gasteiger partial charge is 0.384 e. The Morgan fingerprint density at radius 2 is 2.14 bits per heavy atom.